The van der Waals surface area contributed by atoms with Crippen LogP contribution in [0.5, 0.6) is 0 Å². The zero-order valence-electron chi connectivity index (χ0n) is 59.5. The summed E-state index contributed by atoms with van der Waals surface area (Å²) >= 11 is 3.64. The highest BCUT2D eigenvalue weighted by Gasteiger charge is 2.45. The zero-order valence-corrected chi connectivity index (χ0v) is 61.1. The van der Waals surface area contributed by atoms with Crippen molar-refractivity contribution < 1.29 is 4.42 Å². The number of benzene rings is 18. The first-order valence-electron chi connectivity index (χ1n) is 37.9. The first-order valence-corrected chi connectivity index (χ1v) is 39.6. The molecule has 0 aliphatic heterocycles. The van der Waals surface area contributed by atoms with Gasteiger partial charge in [-0.25, -0.2) is 19.9 Å². The number of thiophene rings is 2. The van der Waals surface area contributed by atoms with Crippen LogP contribution in [-0.4, -0.2) is 29.1 Å². The van der Waals surface area contributed by atoms with Crippen LogP contribution in [0.15, 0.2) is 326 Å². The maximum atomic E-state index is 6.70. The fourth-order valence-electron chi connectivity index (χ4n) is 20.0. The number of hydrogen-bond donors (Lipinski definition) is 0. The van der Waals surface area contributed by atoms with Gasteiger partial charge in [0.1, 0.15) is 22.5 Å². The lowest BCUT2D eigenvalue weighted by molar-refractivity contribution is 0.653. The van der Waals surface area contributed by atoms with Crippen molar-refractivity contribution in [2.75, 3.05) is 0 Å². The van der Waals surface area contributed by atoms with Gasteiger partial charge in [0, 0.05) is 94.7 Å². The smallest absolute Gasteiger partial charge is 0.247 e. The van der Waals surface area contributed by atoms with Crippen molar-refractivity contribution >= 4 is 215 Å². The van der Waals surface area contributed by atoms with Crippen molar-refractivity contribution in [2.45, 2.75) is 12.3 Å². The summed E-state index contributed by atoms with van der Waals surface area (Å²) < 4.78 is 16.4. The van der Waals surface area contributed by atoms with E-state index in [1.807, 2.05) is 34.8 Å². The minimum Gasteiger partial charge on any atom is -0.436 e. The third-order valence-corrected chi connectivity index (χ3v) is 27.0. The molecule has 1 atom stereocenters. The van der Waals surface area contributed by atoms with Crippen molar-refractivity contribution in [2.24, 2.45) is 0 Å². The molecule has 1 unspecified atom stereocenters. The number of furan rings is 1. The SMILES string of the molecule is CC1(c2ccc3c(c2)c2ccccc2c2ccc4c(c23)c2c3ccccc3ccc2n4-c2nc3c(nc2-c2cccc4sc5ccccc5c24)oc2ccccc23)c2ccccc2-c2nc(-n3c4ccc5ccccc5c4c4c5c6ccccc6c6ccccc6c5ccc43)c(-c3cccc4sc5ccccc5c34)nc21. The van der Waals surface area contributed by atoms with Crippen LogP contribution < -0.4 is 0 Å². The molecule has 0 spiro atoms. The molecule has 7 heterocycles. The Morgan fingerprint density at radius 3 is 1.29 bits per heavy atom. The van der Waals surface area contributed by atoms with Crippen molar-refractivity contribution in [3.63, 3.8) is 0 Å². The van der Waals surface area contributed by atoms with Crippen LogP contribution in [0, 0.1) is 0 Å². The molecule has 512 valence electrons. The van der Waals surface area contributed by atoms with E-state index in [-0.39, 0.29) is 0 Å². The molecule has 7 aromatic heterocycles. The van der Waals surface area contributed by atoms with Crippen LogP contribution in [0.4, 0.5) is 0 Å². The Bertz CT molecular complexity index is 8550. The third kappa shape index (κ3) is 7.89. The molecule has 7 nitrogen and oxygen atoms in total. The van der Waals surface area contributed by atoms with E-state index in [4.69, 9.17) is 24.4 Å². The molecule has 0 fully saturated rings. The minimum absolute atomic E-state index is 0.502. The molecule has 18 aromatic carbocycles. The highest BCUT2D eigenvalue weighted by molar-refractivity contribution is 7.26. The van der Waals surface area contributed by atoms with E-state index in [0.29, 0.717) is 5.71 Å². The molecule has 0 amide bonds. The Hall–Kier alpha value is -14.0. The predicted octanol–water partition coefficient (Wildman–Crippen LogP) is 28.0. The summed E-state index contributed by atoms with van der Waals surface area (Å²) in [4.78, 5) is 24.2. The molecule has 0 N–H and O–H groups in total. The van der Waals surface area contributed by atoms with Gasteiger partial charge in [-0.3, -0.25) is 9.13 Å². The number of nitrogens with zero attached hydrogens (tertiary/aromatic N) is 6. The summed E-state index contributed by atoms with van der Waals surface area (Å²) in [5.41, 5.74) is 14.1. The number of aromatic nitrogens is 6. The van der Waals surface area contributed by atoms with Crippen molar-refractivity contribution in [1.82, 2.24) is 29.1 Å². The van der Waals surface area contributed by atoms with Crippen molar-refractivity contribution in [1.29, 1.82) is 0 Å². The Labute approximate surface area is 640 Å². The number of fused-ring (bicyclic) bond motifs is 36. The number of hydrogen-bond acceptors (Lipinski definition) is 7. The molecular weight excluding hydrogens is 1390 g/mol. The summed E-state index contributed by atoms with van der Waals surface area (Å²) in [6, 6.07) is 119. The van der Waals surface area contributed by atoms with Crippen LogP contribution in [0.1, 0.15) is 23.7 Å². The van der Waals surface area contributed by atoms with Gasteiger partial charge in [0.25, 0.3) is 0 Å². The van der Waals surface area contributed by atoms with Gasteiger partial charge in [0.2, 0.25) is 5.71 Å². The van der Waals surface area contributed by atoms with Gasteiger partial charge in [0.15, 0.2) is 11.6 Å². The van der Waals surface area contributed by atoms with Crippen molar-refractivity contribution in [3.05, 3.63) is 338 Å². The lowest BCUT2D eigenvalue weighted by Gasteiger charge is -2.28. The summed E-state index contributed by atoms with van der Waals surface area (Å²) in [5.74, 6) is 1.52. The number of rotatable bonds is 5. The monoisotopic (exact) mass is 1440 g/mol. The molecule has 0 radical (unpaired) electrons. The van der Waals surface area contributed by atoms with E-state index in [9.17, 15) is 0 Å². The van der Waals surface area contributed by atoms with Crippen molar-refractivity contribution in [3.8, 4) is 45.4 Å². The summed E-state index contributed by atoms with van der Waals surface area (Å²) in [7, 11) is 0. The van der Waals surface area contributed by atoms with E-state index in [2.05, 4.69) is 325 Å². The molecule has 1 aliphatic carbocycles. The summed E-state index contributed by atoms with van der Waals surface area (Å²) in [5, 5.41) is 29.5. The molecular formula is C102H56N6OS2. The average molecular weight is 1450 g/mol. The number of para-hydroxylation sites is 1. The zero-order chi connectivity index (χ0) is 72.2. The Morgan fingerprint density at radius 1 is 0.279 bits per heavy atom. The maximum absolute atomic E-state index is 6.70. The Balaban J connectivity index is 0.766. The molecule has 0 bridgehead atoms. The van der Waals surface area contributed by atoms with Gasteiger partial charge in [-0.2, -0.15) is 0 Å². The van der Waals surface area contributed by atoms with Crippen LogP contribution in [0.2, 0.25) is 0 Å². The van der Waals surface area contributed by atoms with Crippen LogP contribution >= 0.6 is 22.7 Å². The quantitative estimate of drug-likeness (QED) is 0.161. The standard InChI is InChI=1S/C102H56N6OS2/c1-102(76-38-16-12-32-69(76)94-98(102)103-95(73-36-20-42-84-86(73)71-34-14-18-40-82(71)110-84)99(104-94)107-77-50-44-55-22-2-4-24-58(55)90(77)92-79(107)52-48-66-62-28-7-6-26-60(62)61-27-10-11-31-65(61)88(66)92)57-46-47-68-75(54-57)64-30-9-8-29-63(64)67-49-53-80-93(89(67)68)91-59-25-5-3-23-56(59)45-51-78(91)108(80)100-96(106-101-97(105-100)70-33-13-17-39-81(70)109-101)74-37-21-43-85-87(74)72-35-15-19-41-83(72)111-85/h2-54H,1H3. The van der Waals surface area contributed by atoms with Gasteiger partial charge in [-0.05, 0) is 160 Å². The van der Waals surface area contributed by atoms with Gasteiger partial charge in [0.05, 0.1) is 38.9 Å². The molecule has 9 heteroatoms. The van der Waals surface area contributed by atoms with E-state index >= 15 is 0 Å². The van der Waals surface area contributed by atoms with E-state index in [1.54, 1.807) is 0 Å². The van der Waals surface area contributed by atoms with E-state index < -0.39 is 5.41 Å². The van der Waals surface area contributed by atoms with Crippen LogP contribution in [0.3, 0.4) is 0 Å². The molecule has 0 saturated carbocycles. The molecule has 111 heavy (non-hydrogen) atoms. The van der Waals surface area contributed by atoms with Gasteiger partial charge in [-0.1, -0.05) is 255 Å². The van der Waals surface area contributed by atoms with Gasteiger partial charge < -0.3 is 4.42 Å². The Morgan fingerprint density at radius 2 is 0.694 bits per heavy atom. The molecule has 25 aromatic rings. The fraction of sp³-hybridized carbons (Fsp3) is 0.0196. The molecule has 26 rings (SSSR count). The second-order valence-electron chi connectivity index (χ2n) is 30.2. The average Bonchev–Trinajstić information content (AvgIpc) is 1.61. The Kier molecular flexibility index (Phi) is 11.9. The lowest BCUT2D eigenvalue weighted by atomic mass is 9.75. The first-order chi connectivity index (χ1) is 55.0. The lowest BCUT2D eigenvalue weighted by Crippen LogP contribution is -2.24. The fourth-order valence-corrected chi connectivity index (χ4v) is 22.2. The predicted molar refractivity (Wildman–Crippen MR) is 468 cm³/mol. The van der Waals surface area contributed by atoms with E-state index in [0.717, 1.165) is 138 Å². The molecule has 1 aliphatic rings. The van der Waals surface area contributed by atoms with E-state index in [1.165, 1.54) is 110 Å². The van der Waals surface area contributed by atoms with Gasteiger partial charge in [-0.15, -0.1) is 22.7 Å². The van der Waals surface area contributed by atoms with Crippen LogP contribution in [0.25, 0.3) is 238 Å². The molecule has 0 saturated heterocycles. The first kappa shape index (κ1) is 60.1. The minimum atomic E-state index is -0.811. The largest absolute Gasteiger partial charge is 0.436 e. The summed E-state index contributed by atoms with van der Waals surface area (Å²) in [6.07, 6.45) is 0. The van der Waals surface area contributed by atoms with Crippen LogP contribution in [-0.2, 0) is 5.41 Å². The highest BCUT2D eigenvalue weighted by Crippen LogP contribution is 2.57. The highest BCUT2D eigenvalue weighted by atomic mass is 32.1. The normalized spacial score (nSPS) is 14.0. The third-order valence-electron chi connectivity index (χ3n) is 24.7. The van der Waals surface area contributed by atoms with Gasteiger partial charge >= 0.3 is 0 Å². The second-order valence-corrected chi connectivity index (χ2v) is 32.3. The summed E-state index contributed by atoms with van der Waals surface area (Å²) in [6.45, 7) is 2.41. The topological polar surface area (TPSA) is 74.6 Å². The maximum Gasteiger partial charge on any atom is 0.247 e. The second kappa shape index (κ2) is 21.9.